The van der Waals surface area contributed by atoms with Gasteiger partial charge in [-0.2, -0.15) is 0 Å². The molecule has 0 aliphatic carbocycles. The second-order valence-corrected chi connectivity index (χ2v) is 5.41. The Morgan fingerprint density at radius 3 is 2.00 bits per heavy atom. The lowest BCUT2D eigenvalue weighted by Gasteiger charge is -2.21. The number of carbonyl (C=O) groups excluding carboxylic acids is 3. The number of aliphatic carboxylic acids is 1. The van der Waals surface area contributed by atoms with E-state index in [4.69, 9.17) is 16.6 Å². The first-order valence-corrected chi connectivity index (χ1v) is 7.76. The molecule has 138 valence electrons. The van der Waals surface area contributed by atoms with Crippen molar-refractivity contribution >= 4 is 23.7 Å². The Morgan fingerprint density at radius 2 is 1.50 bits per heavy atom. The molecule has 0 heterocycles. The summed E-state index contributed by atoms with van der Waals surface area (Å²) in [5, 5.41) is 15.9. The van der Waals surface area contributed by atoms with E-state index in [9.17, 15) is 19.2 Å². The summed E-state index contributed by atoms with van der Waals surface area (Å²) in [4.78, 5) is 46.2. The van der Waals surface area contributed by atoms with E-state index in [0.29, 0.717) is 25.8 Å². The van der Waals surface area contributed by atoms with E-state index in [1.54, 1.807) is 0 Å². The number of nitrogens with two attached hydrogens (primary N) is 2. The summed E-state index contributed by atoms with van der Waals surface area (Å²) >= 11 is 0. The van der Waals surface area contributed by atoms with Crippen LogP contribution in [0.1, 0.15) is 33.1 Å². The molecule has 0 saturated carbocycles. The molecule has 0 bridgehead atoms. The molecule has 8 N–H and O–H groups in total. The molecule has 10 heteroatoms. The third kappa shape index (κ3) is 8.44. The number of nitrogens with one attached hydrogen (secondary N) is 3. The van der Waals surface area contributed by atoms with E-state index in [1.807, 2.05) is 0 Å². The predicted molar refractivity (Wildman–Crippen MR) is 86.7 cm³/mol. The van der Waals surface area contributed by atoms with Crippen LogP contribution in [0.4, 0.5) is 0 Å². The zero-order valence-electron chi connectivity index (χ0n) is 14.0. The number of unbranched alkanes of at least 4 members (excludes halogenated alkanes) is 1. The maximum Gasteiger partial charge on any atom is 0.325 e. The van der Waals surface area contributed by atoms with E-state index in [1.165, 1.54) is 13.8 Å². The molecular formula is C14H27N5O5. The smallest absolute Gasteiger partial charge is 0.325 e. The van der Waals surface area contributed by atoms with Crippen LogP contribution in [0, 0.1) is 0 Å². The van der Waals surface area contributed by atoms with Crippen molar-refractivity contribution in [3.63, 3.8) is 0 Å². The fourth-order valence-corrected chi connectivity index (χ4v) is 1.79. The Balaban J connectivity index is 4.68. The van der Waals surface area contributed by atoms with Gasteiger partial charge in [-0.15, -0.1) is 0 Å². The minimum Gasteiger partial charge on any atom is -0.480 e. The van der Waals surface area contributed by atoms with E-state index in [2.05, 4.69) is 16.0 Å². The van der Waals surface area contributed by atoms with Crippen LogP contribution in [0.25, 0.3) is 0 Å². The topological polar surface area (TPSA) is 177 Å². The van der Waals surface area contributed by atoms with Gasteiger partial charge in [-0.05, 0) is 39.7 Å². The second-order valence-electron chi connectivity index (χ2n) is 5.41. The van der Waals surface area contributed by atoms with Crippen LogP contribution in [0.3, 0.4) is 0 Å². The normalized spacial score (nSPS) is 14.2. The Bertz CT molecular complexity index is 457. The van der Waals surface area contributed by atoms with Crippen LogP contribution in [0.5, 0.6) is 0 Å². The molecular weight excluding hydrogens is 318 g/mol. The van der Waals surface area contributed by atoms with Gasteiger partial charge in [-0.1, -0.05) is 0 Å². The molecule has 10 nitrogen and oxygen atoms in total. The molecule has 0 aromatic heterocycles. The summed E-state index contributed by atoms with van der Waals surface area (Å²) in [7, 11) is 0. The van der Waals surface area contributed by atoms with Gasteiger partial charge < -0.3 is 32.5 Å². The third-order valence-electron chi connectivity index (χ3n) is 3.27. The minimum absolute atomic E-state index is 0.257. The average Bonchev–Trinajstić information content (AvgIpc) is 2.53. The van der Waals surface area contributed by atoms with Gasteiger partial charge in [0.25, 0.3) is 0 Å². The summed E-state index contributed by atoms with van der Waals surface area (Å²) in [5.41, 5.74) is 10.6. The van der Waals surface area contributed by atoms with Gasteiger partial charge >= 0.3 is 5.97 Å². The highest BCUT2D eigenvalue weighted by molar-refractivity contribution is 5.93. The fourth-order valence-electron chi connectivity index (χ4n) is 1.79. The van der Waals surface area contributed by atoms with Crippen LogP contribution in [-0.4, -0.2) is 60.0 Å². The SMILES string of the molecule is CC(NC(=O)C(C)NC(=O)C(CCCCN)NC(=O)CN)C(=O)O. The van der Waals surface area contributed by atoms with Crippen molar-refractivity contribution in [2.75, 3.05) is 13.1 Å². The molecule has 0 saturated heterocycles. The lowest BCUT2D eigenvalue weighted by Crippen LogP contribution is -2.54. The highest BCUT2D eigenvalue weighted by Gasteiger charge is 2.25. The Kier molecular flexibility index (Phi) is 10.3. The largest absolute Gasteiger partial charge is 0.480 e. The Hall–Kier alpha value is -2.20. The van der Waals surface area contributed by atoms with Gasteiger partial charge in [0.1, 0.15) is 18.1 Å². The molecule has 0 aliphatic heterocycles. The van der Waals surface area contributed by atoms with Gasteiger partial charge in [0, 0.05) is 0 Å². The average molecular weight is 345 g/mol. The van der Waals surface area contributed by atoms with Crippen LogP contribution in [0.15, 0.2) is 0 Å². The number of carboxylic acids is 1. The molecule has 0 aromatic rings. The van der Waals surface area contributed by atoms with Crippen LogP contribution in [0.2, 0.25) is 0 Å². The van der Waals surface area contributed by atoms with Crippen molar-refractivity contribution in [1.82, 2.24) is 16.0 Å². The maximum atomic E-state index is 12.2. The van der Waals surface area contributed by atoms with Crippen molar-refractivity contribution in [2.45, 2.75) is 51.2 Å². The molecule has 24 heavy (non-hydrogen) atoms. The van der Waals surface area contributed by atoms with Gasteiger partial charge in [0.15, 0.2) is 0 Å². The summed E-state index contributed by atoms with van der Waals surface area (Å²) in [6.07, 6.45) is 1.67. The summed E-state index contributed by atoms with van der Waals surface area (Å²) < 4.78 is 0. The first kappa shape index (κ1) is 21.8. The van der Waals surface area contributed by atoms with Crippen molar-refractivity contribution in [3.05, 3.63) is 0 Å². The van der Waals surface area contributed by atoms with E-state index in [0.717, 1.165) is 0 Å². The summed E-state index contributed by atoms with van der Waals surface area (Å²) in [6.45, 7) is 2.94. The number of rotatable bonds is 11. The number of carbonyl (C=O) groups is 4. The van der Waals surface area contributed by atoms with Crippen LogP contribution >= 0.6 is 0 Å². The fraction of sp³-hybridized carbons (Fsp3) is 0.714. The van der Waals surface area contributed by atoms with Gasteiger partial charge in [0.05, 0.1) is 6.54 Å². The molecule has 0 radical (unpaired) electrons. The monoisotopic (exact) mass is 345 g/mol. The molecule has 0 rings (SSSR count). The van der Waals surface area contributed by atoms with Gasteiger partial charge in [-0.3, -0.25) is 19.2 Å². The minimum atomic E-state index is -1.18. The predicted octanol–water partition coefficient (Wildman–Crippen LogP) is -2.35. The van der Waals surface area contributed by atoms with Crippen molar-refractivity contribution in [1.29, 1.82) is 0 Å². The van der Waals surface area contributed by atoms with Crippen LogP contribution in [-0.2, 0) is 19.2 Å². The van der Waals surface area contributed by atoms with Gasteiger partial charge in [-0.25, -0.2) is 0 Å². The van der Waals surface area contributed by atoms with E-state index in [-0.39, 0.29) is 6.54 Å². The van der Waals surface area contributed by atoms with Crippen molar-refractivity contribution < 1.29 is 24.3 Å². The highest BCUT2D eigenvalue weighted by atomic mass is 16.4. The molecule has 3 unspecified atom stereocenters. The lowest BCUT2D eigenvalue weighted by atomic mass is 10.1. The Labute approximate surface area is 140 Å². The zero-order valence-corrected chi connectivity index (χ0v) is 14.0. The molecule has 0 fully saturated rings. The summed E-state index contributed by atoms with van der Waals surface area (Å²) in [6, 6.07) is -2.86. The number of amides is 3. The van der Waals surface area contributed by atoms with Crippen LogP contribution < -0.4 is 27.4 Å². The number of carboxylic acid groups (broad SMARTS) is 1. The standard InChI is InChI=1S/C14H27N5O5/c1-8(12(21)18-9(2)14(23)24)17-13(22)10(5-3-4-6-15)19-11(20)7-16/h8-10H,3-7,15-16H2,1-2H3,(H,17,22)(H,18,21)(H,19,20)(H,23,24). The second kappa shape index (κ2) is 11.4. The summed E-state index contributed by atoms with van der Waals surface area (Å²) in [5.74, 6) is -2.85. The lowest BCUT2D eigenvalue weighted by molar-refractivity contribution is -0.141. The maximum absolute atomic E-state index is 12.2. The first-order chi connectivity index (χ1) is 11.2. The molecule has 0 aromatic carbocycles. The Morgan fingerprint density at radius 1 is 0.917 bits per heavy atom. The first-order valence-electron chi connectivity index (χ1n) is 7.76. The number of hydrogen-bond donors (Lipinski definition) is 6. The van der Waals surface area contributed by atoms with Crippen molar-refractivity contribution in [3.8, 4) is 0 Å². The highest BCUT2D eigenvalue weighted by Crippen LogP contribution is 2.02. The van der Waals surface area contributed by atoms with E-state index >= 15 is 0 Å². The zero-order chi connectivity index (χ0) is 18.7. The molecule has 0 spiro atoms. The third-order valence-corrected chi connectivity index (χ3v) is 3.27. The van der Waals surface area contributed by atoms with Gasteiger partial charge in [0.2, 0.25) is 17.7 Å². The number of hydrogen-bond acceptors (Lipinski definition) is 6. The van der Waals surface area contributed by atoms with E-state index < -0.39 is 41.8 Å². The molecule has 0 aliphatic rings. The molecule has 3 amide bonds. The van der Waals surface area contributed by atoms with Crippen molar-refractivity contribution in [2.24, 2.45) is 11.5 Å². The quantitative estimate of drug-likeness (QED) is 0.227. The molecule has 3 atom stereocenters.